The third-order valence-electron chi connectivity index (χ3n) is 4.41. The number of carbonyl (C=O) groups is 2. The van der Waals surface area contributed by atoms with Crippen LogP contribution in [0.2, 0.25) is 0 Å². The van der Waals surface area contributed by atoms with E-state index >= 15 is 0 Å². The van der Waals surface area contributed by atoms with Crippen LogP contribution in [0, 0.1) is 0 Å². The Morgan fingerprint density at radius 3 is 2.15 bits per heavy atom. The van der Waals surface area contributed by atoms with E-state index in [4.69, 9.17) is 16.9 Å². The van der Waals surface area contributed by atoms with E-state index < -0.39 is 5.97 Å². The first kappa shape index (κ1) is 18.2. The van der Waals surface area contributed by atoms with Crippen LogP contribution in [0.1, 0.15) is 10.4 Å². The summed E-state index contributed by atoms with van der Waals surface area (Å²) in [6.45, 7) is 3.29. The first-order chi connectivity index (χ1) is 12.5. The summed E-state index contributed by atoms with van der Waals surface area (Å²) >= 11 is 6.14. The molecule has 0 aromatic heterocycles. The van der Waals surface area contributed by atoms with E-state index in [0.717, 1.165) is 36.3 Å². The van der Waals surface area contributed by atoms with Gasteiger partial charge in [0.15, 0.2) is 0 Å². The van der Waals surface area contributed by atoms with E-state index in [2.05, 4.69) is 9.80 Å². The minimum Gasteiger partial charge on any atom is -0.478 e. The molecule has 136 valence electrons. The Morgan fingerprint density at radius 1 is 0.962 bits per heavy atom. The summed E-state index contributed by atoms with van der Waals surface area (Å²) in [5.41, 5.74) is 1.93. The number of carbonyl (C=O) groups excluding carboxylic acids is 1. The molecule has 6 nitrogen and oxygen atoms in total. The monoisotopic (exact) mass is 373 g/mol. The van der Waals surface area contributed by atoms with E-state index in [1.807, 2.05) is 30.3 Å². The van der Waals surface area contributed by atoms with Crippen LogP contribution in [0.4, 0.5) is 11.4 Å². The van der Waals surface area contributed by atoms with Crippen molar-refractivity contribution in [3.05, 3.63) is 60.2 Å². The maximum Gasteiger partial charge on any atom is 0.335 e. The average Bonchev–Trinajstić information content (AvgIpc) is 2.68. The minimum absolute atomic E-state index is 0.155. The molecule has 1 N–H and O–H groups in total. The lowest BCUT2D eigenvalue weighted by Gasteiger charge is -2.36. The summed E-state index contributed by atoms with van der Waals surface area (Å²) < 4.78 is 1.16. The zero-order valence-corrected chi connectivity index (χ0v) is 15.0. The SMILES string of the molecule is O=C(O)c1ccc(N2CCN(CC(=O)N(Cl)c3ccccc3)CC2)cc1. The van der Waals surface area contributed by atoms with Crippen molar-refractivity contribution in [3.63, 3.8) is 0 Å². The van der Waals surface area contributed by atoms with Gasteiger partial charge in [0.25, 0.3) is 5.91 Å². The molecule has 1 amide bonds. The molecule has 2 aromatic rings. The Morgan fingerprint density at radius 2 is 1.58 bits per heavy atom. The molecule has 0 saturated carbocycles. The smallest absolute Gasteiger partial charge is 0.335 e. The van der Waals surface area contributed by atoms with Crippen molar-refractivity contribution in [2.45, 2.75) is 0 Å². The Labute approximate surface area is 157 Å². The third kappa shape index (κ3) is 4.33. The number of rotatable bonds is 5. The largest absolute Gasteiger partial charge is 0.478 e. The highest BCUT2D eigenvalue weighted by atomic mass is 35.5. The van der Waals surface area contributed by atoms with E-state index in [-0.39, 0.29) is 18.0 Å². The van der Waals surface area contributed by atoms with Crippen LogP contribution in [0.5, 0.6) is 0 Å². The second kappa shape index (κ2) is 8.21. The molecule has 2 aromatic carbocycles. The number of hydrogen-bond acceptors (Lipinski definition) is 4. The molecule has 0 aliphatic carbocycles. The van der Waals surface area contributed by atoms with E-state index in [1.54, 1.807) is 24.3 Å². The van der Waals surface area contributed by atoms with Gasteiger partial charge in [-0.3, -0.25) is 9.69 Å². The van der Waals surface area contributed by atoms with Crippen LogP contribution >= 0.6 is 11.8 Å². The first-order valence-electron chi connectivity index (χ1n) is 8.39. The first-order valence-corrected chi connectivity index (χ1v) is 8.73. The van der Waals surface area contributed by atoms with Crippen LogP contribution in [-0.2, 0) is 4.79 Å². The number of benzene rings is 2. The average molecular weight is 374 g/mol. The minimum atomic E-state index is -0.927. The van der Waals surface area contributed by atoms with Crippen LogP contribution in [0.15, 0.2) is 54.6 Å². The summed E-state index contributed by atoms with van der Waals surface area (Å²) in [5.74, 6) is -1.08. The summed E-state index contributed by atoms with van der Waals surface area (Å²) in [4.78, 5) is 27.5. The highest BCUT2D eigenvalue weighted by molar-refractivity contribution is 6.36. The van der Waals surface area contributed by atoms with E-state index in [1.165, 1.54) is 0 Å². The van der Waals surface area contributed by atoms with Crippen molar-refractivity contribution in [2.75, 3.05) is 42.0 Å². The van der Waals surface area contributed by atoms with Crippen molar-refractivity contribution in [3.8, 4) is 0 Å². The van der Waals surface area contributed by atoms with Gasteiger partial charge in [0, 0.05) is 43.6 Å². The number of amides is 1. The Kier molecular flexibility index (Phi) is 5.75. The molecule has 1 aliphatic heterocycles. The van der Waals surface area contributed by atoms with Gasteiger partial charge in [-0.1, -0.05) is 18.2 Å². The zero-order valence-electron chi connectivity index (χ0n) is 14.2. The summed E-state index contributed by atoms with van der Waals surface area (Å²) in [6.07, 6.45) is 0. The molecule has 1 fully saturated rings. The summed E-state index contributed by atoms with van der Waals surface area (Å²) in [6, 6.07) is 16.0. The van der Waals surface area contributed by atoms with Gasteiger partial charge >= 0.3 is 5.97 Å². The lowest BCUT2D eigenvalue weighted by atomic mass is 10.2. The van der Waals surface area contributed by atoms with Gasteiger partial charge in [-0.25, -0.2) is 9.21 Å². The normalized spacial score (nSPS) is 14.9. The number of carboxylic acid groups (broad SMARTS) is 1. The molecule has 1 heterocycles. The number of nitrogens with zero attached hydrogens (tertiary/aromatic N) is 3. The molecule has 0 spiro atoms. The van der Waals surface area contributed by atoms with E-state index in [9.17, 15) is 9.59 Å². The molecule has 0 bridgehead atoms. The van der Waals surface area contributed by atoms with Gasteiger partial charge in [-0.15, -0.1) is 0 Å². The fraction of sp³-hybridized carbons (Fsp3) is 0.263. The maximum absolute atomic E-state index is 12.3. The van der Waals surface area contributed by atoms with Crippen LogP contribution in [0.3, 0.4) is 0 Å². The van der Waals surface area contributed by atoms with Gasteiger partial charge < -0.3 is 10.0 Å². The van der Waals surface area contributed by atoms with Gasteiger partial charge in [0.05, 0.1) is 17.8 Å². The zero-order chi connectivity index (χ0) is 18.5. The maximum atomic E-state index is 12.3. The van der Waals surface area contributed by atoms with Crippen LogP contribution < -0.4 is 9.32 Å². The van der Waals surface area contributed by atoms with Gasteiger partial charge in [0.2, 0.25) is 0 Å². The summed E-state index contributed by atoms with van der Waals surface area (Å²) in [7, 11) is 0. The van der Waals surface area contributed by atoms with Crippen LogP contribution in [-0.4, -0.2) is 54.6 Å². The Bertz CT molecular complexity index is 759. The second-order valence-corrected chi connectivity index (χ2v) is 6.46. The number of piperazine rings is 1. The highest BCUT2D eigenvalue weighted by Gasteiger charge is 2.22. The Balaban J connectivity index is 1.52. The van der Waals surface area contributed by atoms with Crippen molar-refractivity contribution >= 4 is 35.0 Å². The standard InChI is InChI=1S/C19H20ClN3O3/c20-23(17-4-2-1-3-5-17)18(24)14-21-10-12-22(13-11-21)16-8-6-15(7-9-16)19(25)26/h1-9H,10-14H2,(H,25,26). The topological polar surface area (TPSA) is 64.1 Å². The van der Waals surface area contributed by atoms with Gasteiger partial charge in [-0.05, 0) is 36.4 Å². The number of hydrogen-bond donors (Lipinski definition) is 1. The lowest BCUT2D eigenvalue weighted by molar-refractivity contribution is -0.118. The molecular formula is C19H20ClN3O3. The van der Waals surface area contributed by atoms with Crippen molar-refractivity contribution in [1.82, 2.24) is 4.90 Å². The van der Waals surface area contributed by atoms with E-state index in [0.29, 0.717) is 5.69 Å². The third-order valence-corrected chi connectivity index (χ3v) is 4.80. The molecule has 1 aliphatic rings. The number of para-hydroxylation sites is 1. The molecule has 1 saturated heterocycles. The molecule has 3 rings (SSSR count). The number of halogens is 1. The molecular weight excluding hydrogens is 354 g/mol. The molecule has 0 radical (unpaired) electrons. The molecule has 7 heteroatoms. The molecule has 0 unspecified atom stereocenters. The molecule has 26 heavy (non-hydrogen) atoms. The Hall–Kier alpha value is -2.57. The van der Waals surface area contributed by atoms with Gasteiger partial charge in [0.1, 0.15) is 0 Å². The van der Waals surface area contributed by atoms with Gasteiger partial charge in [-0.2, -0.15) is 0 Å². The van der Waals surface area contributed by atoms with Crippen molar-refractivity contribution in [1.29, 1.82) is 0 Å². The molecule has 0 atom stereocenters. The fourth-order valence-corrected chi connectivity index (χ4v) is 3.10. The van der Waals surface area contributed by atoms with Crippen molar-refractivity contribution < 1.29 is 14.7 Å². The number of carboxylic acids is 1. The number of aromatic carboxylic acids is 1. The second-order valence-electron chi connectivity index (χ2n) is 6.13. The quantitative estimate of drug-likeness (QED) is 0.816. The predicted octanol–water partition coefficient (Wildman–Crippen LogP) is 2.69. The fourth-order valence-electron chi connectivity index (χ4n) is 2.94. The number of anilines is 2. The van der Waals surface area contributed by atoms with Crippen LogP contribution in [0.25, 0.3) is 0 Å². The highest BCUT2D eigenvalue weighted by Crippen LogP contribution is 2.19. The van der Waals surface area contributed by atoms with Crippen molar-refractivity contribution in [2.24, 2.45) is 0 Å². The summed E-state index contributed by atoms with van der Waals surface area (Å²) in [5, 5.41) is 8.96. The lowest BCUT2D eigenvalue weighted by Crippen LogP contribution is -2.49. The predicted molar refractivity (Wildman–Crippen MR) is 102 cm³/mol.